The zero-order valence-electron chi connectivity index (χ0n) is 13.6. The number of carbonyl (C=O) groups is 1. The Labute approximate surface area is 150 Å². The number of rotatable bonds is 5. The molecule has 0 unspecified atom stereocenters. The van der Waals surface area contributed by atoms with Crippen LogP contribution in [0, 0.1) is 11.3 Å². The lowest BCUT2D eigenvalue weighted by molar-refractivity contribution is -0.149. The molecule has 1 saturated carbocycles. The van der Waals surface area contributed by atoms with Gasteiger partial charge in [-0.1, -0.05) is 6.42 Å². The molecule has 1 saturated heterocycles. The summed E-state index contributed by atoms with van der Waals surface area (Å²) in [5.41, 5.74) is -1.32. The number of nitrogens with zero attached hydrogens (tertiary/aromatic N) is 1. The molecular weight excluding hydrogens is 359 g/mol. The Morgan fingerprint density at radius 3 is 2.56 bits per heavy atom. The number of hydrogen-bond donors (Lipinski definition) is 1. The van der Waals surface area contributed by atoms with Crippen LogP contribution in [0.4, 0.5) is 13.2 Å². The van der Waals surface area contributed by atoms with Crippen molar-refractivity contribution in [3.8, 4) is 5.75 Å². The number of aliphatic carboxylic acids is 1. The van der Waals surface area contributed by atoms with Gasteiger partial charge in [-0.15, -0.1) is 12.4 Å². The first-order valence-corrected chi connectivity index (χ1v) is 8.07. The highest BCUT2D eigenvalue weighted by Crippen LogP contribution is 2.48. The van der Waals surface area contributed by atoms with E-state index in [4.69, 9.17) is 4.74 Å². The number of benzene rings is 1. The van der Waals surface area contributed by atoms with Gasteiger partial charge in [0.1, 0.15) is 12.4 Å². The van der Waals surface area contributed by atoms with E-state index in [-0.39, 0.29) is 18.3 Å². The Hall–Kier alpha value is -1.47. The molecule has 2 fully saturated rings. The van der Waals surface area contributed by atoms with E-state index < -0.39 is 23.1 Å². The smallest absolute Gasteiger partial charge is 0.416 e. The van der Waals surface area contributed by atoms with Crippen LogP contribution in [0.3, 0.4) is 0 Å². The Morgan fingerprint density at radius 1 is 1.32 bits per heavy atom. The number of fused-ring (bicyclic) bond motifs is 1. The minimum atomic E-state index is -4.35. The number of likely N-dealkylation sites (tertiary alicyclic amines) is 1. The molecule has 8 heteroatoms. The van der Waals surface area contributed by atoms with Gasteiger partial charge in [-0.2, -0.15) is 13.2 Å². The molecule has 0 amide bonds. The van der Waals surface area contributed by atoms with Gasteiger partial charge in [0, 0.05) is 19.6 Å². The molecule has 140 valence electrons. The lowest BCUT2D eigenvalue weighted by atomic mass is 9.81. The third-order valence-electron chi connectivity index (χ3n) is 5.23. The normalized spacial score (nSPS) is 26.1. The van der Waals surface area contributed by atoms with Crippen LogP contribution in [-0.2, 0) is 11.0 Å². The predicted octanol–water partition coefficient (Wildman–Crippen LogP) is 3.69. The zero-order chi connectivity index (χ0) is 17.4. The summed E-state index contributed by atoms with van der Waals surface area (Å²) >= 11 is 0. The average molecular weight is 380 g/mol. The first-order chi connectivity index (χ1) is 11.3. The molecule has 1 N–H and O–H groups in total. The van der Waals surface area contributed by atoms with E-state index in [2.05, 4.69) is 4.90 Å². The molecule has 0 aromatic heterocycles. The van der Waals surface area contributed by atoms with Crippen LogP contribution < -0.4 is 4.74 Å². The van der Waals surface area contributed by atoms with Crippen LogP contribution in [0.25, 0.3) is 0 Å². The second-order valence-corrected chi connectivity index (χ2v) is 6.66. The van der Waals surface area contributed by atoms with Crippen molar-refractivity contribution in [2.45, 2.75) is 25.4 Å². The van der Waals surface area contributed by atoms with E-state index in [9.17, 15) is 23.1 Å². The fourth-order valence-electron chi connectivity index (χ4n) is 3.95. The monoisotopic (exact) mass is 379 g/mol. The van der Waals surface area contributed by atoms with Gasteiger partial charge in [0.2, 0.25) is 0 Å². The third kappa shape index (κ3) is 4.03. The SMILES string of the molecule is Cl.O=C(O)[C@@]12CCC[C@H]1CN(CCOc1ccc(C(F)(F)F)cc1)C2. The summed E-state index contributed by atoms with van der Waals surface area (Å²) in [6.07, 6.45) is -1.71. The van der Waals surface area contributed by atoms with Crippen molar-refractivity contribution < 1.29 is 27.8 Å². The van der Waals surface area contributed by atoms with Crippen LogP contribution >= 0.6 is 12.4 Å². The Bertz CT molecular complexity index is 608. The van der Waals surface area contributed by atoms with Gasteiger partial charge < -0.3 is 9.84 Å². The maximum absolute atomic E-state index is 12.5. The summed E-state index contributed by atoms with van der Waals surface area (Å²) in [4.78, 5) is 13.7. The van der Waals surface area contributed by atoms with Gasteiger partial charge in [-0.05, 0) is 43.0 Å². The lowest BCUT2D eigenvalue weighted by Gasteiger charge is -2.23. The Morgan fingerprint density at radius 2 is 2.00 bits per heavy atom. The van der Waals surface area contributed by atoms with Crippen LogP contribution in [0.5, 0.6) is 5.75 Å². The molecule has 0 spiro atoms. The van der Waals surface area contributed by atoms with Crippen molar-refractivity contribution in [1.82, 2.24) is 4.90 Å². The van der Waals surface area contributed by atoms with E-state index in [1.807, 2.05) is 0 Å². The highest BCUT2D eigenvalue weighted by atomic mass is 35.5. The van der Waals surface area contributed by atoms with Gasteiger partial charge in [-0.3, -0.25) is 9.69 Å². The molecule has 1 aliphatic carbocycles. The van der Waals surface area contributed by atoms with E-state index in [0.717, 1.165) is 37.9 Å². The van der Waals surface area contributed by atoms with Crippen molar-refractivity contribution >= 4 is 18.4 Å². The zero-order valence-corrected chi connectivity index (χ0v) is 14.4. The highest BCUT2D eigenvalue weighted by molar-refractivity contribution is 5.85. The minimum absolute atomic E-state index is 0. The van der Waals surface area contributed by atoms with Crippen LogP contribution in [0.2, 0.25) is 0 Å². The van der Waals surface area contributed by atoms with Crippen molar-refractivity contribution in [2.75, 3.05) is 26.2 Å². The second kappa shape index (κ2) is 7.41. The van der Waals surface area contributed by atoms with Crippen LogP contribution in [0.1, 0.15) is 24.8 Å². The molecule has 0 radical (unpaired) electrons. The predicted molar refractivity (Wildman–Crippen MR) is 88.0 cm³/mol. The van der Waals surface area contributed by atoms with E-state index in [0.29, 0.717) is 25.4 Å². The Balaban J connectivity index is 0.00000225. The maximum atomic E-state index is 12.5. The van der Waals surface area contributed by atoms with Crippen LogP contribution in [-0.4, -0.2) is 42.2 Å². The molecule has 2 atom stereocenters. The van der Waals surface area contributed by atoms with Gasteiger partial charge in [-0.25, -0.2) is 0 Å². The minimum Gasteiger partial charge on any atom is -0.492 e. The number of ether oxygens (including phenoxy) is 1. The summed E-state index contributed by atoms with van der Waals surface area (Å²) in [7, 11) is 0. The molecule has 1 aromatic carbocycles. The van der Waals surface area contributed by atoms with Crippen LogP contribution in [0.15, 0.2) is 24.3 Å². The van der Waals surface area contributed by atoms with E-state index in [1.54, 1.807) is 0 Å². The molecule has 2 aliphatic rings. The van der Waals surface area contributed by atoms with E-state index in [1.165, 1.54) is 12.1 Å². The molecule has 0 bridgehead atoms. The van der Waals surface area contributed by atoms with Gasteiger partial charge in [0.05, 0.1) is 11.0 Å². The summed E-state index contributed by atoms with van der Waals surface area (Å²) in [5.74, 6) is -0.132. The fourth-order valence-corrected chi connectivity index (χ4v) is 3.95. The number of halogens is 4. The summed E-state index contributed by atoms with van der Waals surface area (Å²) in [5, 5.41) is 9.54. The second-order valence-electron chi connectivity index (χ2n) is 6.66. The molecule has 1 aromatic rings. The average Bonchev–Trinajstić information content (AvgIpc) is 3.04. The van der Waals surface area contributed by atoms with Crippen molar-refractivity contribution in [3.05, 3.63) is 29.8 Å². The first-order valence-electron chi connectivity index (χ1n) is 8.07. The van der Waals surface area contributed by atoms with Gasteiger partial charge >= 0.3 is 12.1 Å². The summed E-state index contributed by atoms with van der Waals surface area (Å²) in [6.45, 7) is 2.19. The Kier molecular flexibility index (Phi) is 5.89. The maximum Gasteiger partial charge on any atom is 0.416 e. The number of hydrogen-bond acceptors (Lipinski definition) is 3. The molecule has 1 aliphatic heterocycles. The quantitative estimate of drug-likeness (QED) is 0.847. The standard InChI is InChI=1S/C17H20F3NO3.ClH/c18-17(19,20)12-3-5-14(6-4-12)24-9-8-21-10-13-2-1-7-16(13,11-21)15(22)23;/h3-6,13H,1-2,7-11H2,(H,22,23);1H/t13-,16+;/m0./s1. The van der Waals surface area contributed by atoms with Crippen molar-refractivity contribution in [3.63, 3.8) is 0 Å². The van der Waals surface area contributed by atoms with Crippen molar-refractivity contribution in [1.29, 1.82) is 0 Å². The molecule has 4 nitrogen and oxygen atoms in total. The topological polar surface area (TPSA) is 49.8 Å². The molecular formula is C17H21ClF3NO3. The molecule has 25 heavy (non-hydrogen) atoms. The molecule has 3 rings (SSSR count). The number of carboxylic acid groups (broad SMARTS) is 1. The fraction of sp³-hybridized carbons (Fsp3) is 0.588. The largest absolute Gasteiger partial charge is 0.492 e. The van der Waals surface area contributed by atoms with E-state index >= 15 is 0 Å². The highest BCUT2D eigenvalue weighted by Gasteiger charge is 2.54. The summed E-state index contributed by atoms with van der Waals surface area (Å²) in [6, 6.07) is 4.60. The number of carboxylic acids is 1. The van der Waals surface area contributed by atoms with Crippen molar-refractivity contribution in [2.24, 2.45) is 11.3 Å². The van der Waals surface area contributed by atoms with Gasteiger partial charge in [0.15, 0.2) is 0 Å². The summed E-state index contributed by atoms with van der Waals surface area (Å²) < 4.78 is 43.0. The molecule has 1 heterocycles. The first kappa shape index (κ1) is 19.8. The number of alkyl halides is 3. The third-order valence-corrected chi connectivity index (χ3v) is 5.23. The lowest BCUT2D eigenvalue weighted by Crippen LogP contribution is -2.36. The van der Waals surface area contributed by atoms with Gasteiger partial charge in [0.25, 0.3) is 0 Å².